The monoisotopic (exact) mass is 245 g/mol. The van der Waals surface area contributed by atoms with E-state index in [4.69, 9.17) is 5.73 Å². The standard InChI is InChI=1S/C11H16FNO2S/c1-8-7-10(3-4-11(8)12)16(14,15)6-5-9(2)13/h3-4,7,9H,5-6,13H2,1-2H3. The molecule has 0 heterocycles. The van der Waals surface area contributed by atoms with Crippen molar-refractivity contribution in [3.05, 3.63) is 29.6 Å². The molecule has 16 heavy (non-hydrogen) atoms. The average molecular weight is 245 g/mol. The minimum absolute atomic E-state index is 0.00423. The van der Waals surface area contributed by atoms with E-state index >= 15 is 0 Å². The molecule has 0 saturated heterocycles. The van der Waals surface area contributed by atoms with E-state index in [1.54, 1.807) is 13.8 Å². The first-order valence-corrected chi connectivity index (χ1v) is 6.72. The fraction of sp³-hybridized carbons (Fsp3) is 0.455. The number of aryl methyl sites for hydroxylation is 1. The summed E-state index contributed by atoms with van der Waals surface area (Å²) in [4.78, 5) is 0.159. The number of hydrogen-bond donors (Lipinski definition) is 1. The highest BCUT2D eigenvalue weighted by Crippen LogP contribution is 2.16. The Kier molecular flexibility index (Phi) is 4.04. The van der Waals surface area contributed by atoms with Crippen LogP contribution in [0.5, 0.6) is 0 Å². The van der Waals surface area contributed by atoms with Gasteiger partial charge in [0.1, 0.15) is 5.82 Å². The van der Waals surface area contributed by atoms with E-state index in [2.05, 4.69) is 0 Å². The van der Waals surface area contributed by atoms with Gasteiger partial charge in [0.05, 0.1) is 10.6 Å². The average Bonchev–Trinajstić information content (AvgIpc) is 2.19. The third-order valence-corrected chi connectivity index (χ3v) is 4.08. The number of sulfone groups is 1. The summed E-state index contributed by atoms with van der Waals surface area (Å²) >= 11 is 0. The first kappa shape index (κ1) is 13.1. The molecule has 0 aromatic heterocycles. The lowest BCUT2D eigenvalue weighted by atomic mass is 10.2. The van der Waals surface area contributed by atoms with E-state index < -0.39 is 15.7 Å². The normalized spacial score (nSPS) is 13.8. The van der Waals surface area contributed by atoms with Crippen LogP contribution >= 0.6 is 0 Å². The molecule has 0 bridgehead atoms. The molecule has 0 aliphatic rings. The molecule has 1 rings (SSSR count). The zero-order valence-corrected chi connectivity index (χ0v) is 10.2. The van der Waals surface area contributed by atoms with Crippen LogP contribution in [0.3, 0.4) is 0 Å². The zero-order valence-electron chi connectivity index (χ0n) is 9.40. The third kappa shape index (κ3) is 3.28. The van der Waals surface area contributed by atoms with Gasteiger partial charge in [-0.3, -0.25) is 0 Å². The van der Waals surface area contributed by atoms with Gasteiger partial charge in [0.25, 0.3) is 0 Å². The maximum atomic E-state index is 13.0. The molecule has 0 saturated carbocycles. The van der Waals surface area contributed by atoms with Crippen molar-refractivity contribution in [3.63, 3.8) is 0 Å². The second kappa shape index (κ2) is 4.93. The van der Waals surface area contributed by atoms with Gasteiger partial charge in [-0.25, -0.2) is 12.8 Å². The minimum Gasteiger partial charge on any atom is -0.328 e. The molecule has 0 radical (unpaired) electrons. The predicted octanol–water partition coefficient (Wildman–Crippen LogP) is 1.65. The molecule has 0 aliphatic heterocycles. The van der Waals surface area contributed by atoms with Crippen molar-refractivity contribution in [1.29, 1.82) is 0 Å². The number of nitrogens with two attached hydrogens (primary N) is 1. The van der Waals surface area contributed by atoms with Crippen LogP contribution in [0, 0.1) is 12.7 Å². The Morgan fingerprint density at radius 3 is 2.56 bits per heavy atom. The van der Waals surface area contributed by atoms with E-state index in [-0.39, 0.29) is 16.7 Å². The maximum Gasteiger partial charge on any atom is 0.178 e. The first-order chi connectivity index (χ1) is 7.33. The Hall–Kier alpha value is -0.940. The molecule has 0 aliphatic carbocycles. The van der Waals surface area contributed by atoms with Gasteiger partial charge in [0, 0.05) is 6.04 Å². The molecule has 0 spiro atoms. The van der Waals surface area contributed by atoms with Crippen LogP contribution in [-0.2, 0) is 9.84 Å². The summed E-state index contributed by atoms with van der Waals surface area (Å²) in [5.74, 6) is -0.401. The van der Waals surface area contributed by atoms with Gasteiger partial charge in [0.2, 0.25) is 0 Å². The van der Waals surface area contributed by atoms with Crippen LogP contribution in [0.25, 0.3) is 0 Å². The molecule has 0 fully saturated rings. The van der Waals surface area contributed by atoms with Gasteiger partial charge in [-0.05, 0) is 44.0 Å². The summed E-state index contributed by atoms with van der Waals surface area (Å²) < 4.78 is 36.6. The second-order valence-electron chi connectivity index (χ2n) is 4.00. The molecule has 2 N–H and O–H groups in total. The Morgan fingerprint density at radius 2 is 2.06 bits per heavy atom. The minimum atomic E-state index is -3.34. The smallest absolute Gasteiger partial charge is 0.178 e. The van der Waals surface area contributed by atoms with Gasteiger partial charge < -0.3 is 5.73 Å². The summed E-state index contributed by atoms with van der Waals surface area (Å²) in [5.41, 5.74) is 5.84. The molecular formula is C11H16FNO2S. The summed E-state index contributed by atoms with van der Waals surface area (Å²) in [6, 6.07) is 3.66. The van der Waals surface area contributed by atoms with Gasteiger partial charge in [-0.15, -0.1) is 0 Å². The van der Waals surface area contributed by atoms with Crippen molar-refractivity contribution >= 4 is 9.84 Å². The van der Waals surface area contributed by atoms with E-state index in [0.717, 1.165) is 0 Å². The van der Waals surface area contributed by atoms with Crippen LogP contribution in [0.15, 0.2) is 23.1 Å². The quantitative estimate of drug-likeness (QED) is 0.820. The number of rotatable bonds is 4. The molecule has 1 aromatic carbocycles. The highest BCUT2D eigenvalue weighted by atomic mass is 32.2. The highest BCUT2D eigenvalue weighted by molar-refractivity contribution is 7.91. The Balaban J connectivity index is 2.94. The molecule has 1 atom stereocenters. The SMILES string of the molecule is Cc1cc(S(=O)(=O)CCC(C)N)ccc1F. The Morgan fingerprint density at radius 1 is 1.44 bits per heavy atom. The van der Waals surface area contributed by atoms with Crippen molar-refractivity contribution in [2.45, 2.75) is 31.2 Å². The first-order valence-electron chi connectivity index (χ1n) is 5.07. The van der Waals surface area contributed by atoms with Gasteiger partial charge in [-0.2, -0.15) is 0 Å². The molecule has 1 unspecified atom stereocenters. The summed E-state index contributed by atoms with van der Waals surface area (Å²) in [5, 5.41) is 0. The van der Waals surface area contributed by atoms with Crippen molar-refractivity contribution in [3.8, 4) is 0 Å². The van der Waals surface area contributed by atoms with Crippen molar-refractivity contribution in [2.24, 2.45) is 5.73 Å². The Labute approximate surface area is 95.4 Å². The fourth-order valence-corrected chi connectivity index (χ4v) is 2.82. The molecule has 5 heteroatoms. The zero-order chi connectivity index (χ0) is 12.3. The maximum absolute atomic E-state index is 13.0. The predicted molar refractivity (Wildman–Crippen MR) is 61.5 cm³/mol. The molecular weight excluding hydrogens is 229 g/mol. The molecule has 0 amide bonds. The van der Waals surface area contributed by atoms with Crippen LogP contribution in [0.4, 0.5) is 4.39 Å². The summed E-state index contributed by atoms with van der Waals surface area (Å²) in [6.45, 7) is 3.30. The van der Waals surface area contributed by atoms with Crippen LogP contribution in [0.2, 0.25) is 0 Å². The van der Waals surface area contributed by atoms with E-state index in [1.807, 2.05) is 0 Å². The summed E-state index contributed by atoms with van der Waals surface area (Å²) in [6.07, 6.45) is 0.402. The van der Waals surface area contributed by atoms with E-state index in [1.165, 1.54) is 18.2 Å². The van der Waals surface area contributed by atoms with Gasteiger partial charge in [-0.1, -0.05) is 0 Å². The van der Waals surface area contributed by atoms with Crippen molar-refractivity contribution < 1.29 is 12.8 Å². The highest BCUT2D eigenvalue weighted by Gasteiger charge is 2.15. The summed E-state index contributed by atoms with van der Waals surface area (Å²) in [7, 11) is -3.34. The third-order valence-electron chi connectivity index (χ3n) is 2.33. The molecule has 90 valence electrons. The van der Waals surface area contributed by atoms with E-state index in [0.29, 0.717) is 12.0 Å². The topological polar surface area (TPSA) is 60.2 Å². The lowest BCUT2D eigenvalue weighted by Crippen LogP contribution is -2.20. The number of benzene rings is 1. The van der Waals surface area contributed by atoms with Crippen molar-refractivity contribution in [2.75, 3.05) is 5.75 Å². The second-order valence-corrected chi connectivity index (χ2v) is 6.10. The number of hydrogen-bond acceptors (Lipinski definition) is 3. The van der Waals surface area contributed by atoms with Crippen LogP contribution in [0.1, 0.15) is 18.9 Å². The number of halogens is 1. The largest absolute Gasteiger partial charge is 0.328 e. The van der Waals surface area contributed by atoms with Gasteiger partial charge >= 0.3 is 0 Å². The van der Waals surface area contributed by atoms with E-state index in [9.17, 15) is 12.8 Å². The molecule has 3 nitrogen and oxygen atoms in total. The van der Waals surface area contributed by atoms with Gasteiger partial charge in [0.15, 0.2) is 9.84 Å². The van der Waals surface area contributed by atoms with Crippen LogP contribution in [-0.4, -0.2) is 20.2 Å². The molecule has 1 aromatic rings. The van der Waals surface area contributed by atoms with Crippen molar-refractivity contribution in [1.82, 2.24) is 0 Å². The lowest BCUT2D eigenvalue weighted by molar-refractivity contribution is 0.585. The lowest BCUT2D eigenvalue weighted by Gasteiger charge is -2.07. The van der Waals surface area contributed by atoms with Crippen LogP contribution < -0.4 is 5.73 Å². The Bertz CT molecular complexity index is 469. The fourth-order valence-electron chi connectivity index (χ4n) is 1.27.